The Labute approximate surface area is 376 Å². The van der Waals surface area contributed by atoms with Crippen molar-refractivity contribution in [3.05, 3.63) is 243 Å². The first-order chi connectivity index (χ1) is 31.8. The van der Waals surface area contributed by atoms with Crippen LogP contribution in [0.3, 0.4) is 0 Å². The molecule has 0 spiro atoms. The van der Waals surface area contributed by atoms with Gasteiger partial charge in [0.2, 0.25) is 0 Å². The van der Waals surface area contributed by atoms with Crippen molar-refractivity contribution in [3.63, 3.8) is 0 Å². The van der Waals surface area contributed by atoms with Gasteiger partial charge in [-0.1, -0.05) is 182 Å². The Morgan fingerprint density at radius 2 is 0.781 bits per heavy atom. The van der Waals surface area contributed by atoms with Crippen LogP contribution in [0, 0.1) is 0 Å². The largest absolute Gasteiger partial charge is 0.307 e. The minimum Gasteiger partial charge on any atom is -0.307 e. The van der Waals surface area contributed by atoms with Gasteiger partial charge in [0.05, 0.1) is 27.8 Å². The van der Waals surface area contributed by atoms with Gasteiger partial charge < -0.3 is 9.13 Å². The van der Waals surface area contributed by atoms with Crippen LogP contribution in [0.15, 0.2) is 243 Å². The number of thiophene rings is 1. The van der Waals surface area contributed by atoms with Crippen LogP contribution in [0.2, 0.25) is 0 Å². The molecule has 2 nitrogen and oxygen atoms in total. The Bertz CT molecular complexity index is 3800. The molecule has 10 aromatic carbocycles. The SMILES string of the molecule is c1ccc([Si](c2ccccc2)(c2ccccc2)c2cccc(-n3c4ccccc4c4cccc(-n5c6ccccc6c6cc(-c7ccc8sc9ccccc9c8c7)ccc65)c43)c2)cc1. The second kappa shape index (κ2) is 14.7. The molecule has 0 N–H and O–H groups in total. The Morgan fingerprint density at radius 1 is 0.297 bits per heavy atom. The van der Waals surface area contributed by atoms with E-state index in [0.29, 0.717) is 0 Å². The highest BCUT2D eigenvalue weighted by Crippen LogP contribution is 2.42. The van der Waals surface area contributed by atoms with Gasteiger partial charge in [-0.25, -0.2) is 0 Å². The molecule has 0 aliphatic heterocycles. The van der Waals surface area contributed by atoms with Crippen LogP contribution in [0.5, 0.6) is 0 Å². The molecule has 4 heteroatoms. The van der Waals surface area contributed by atoms with Gasteiger partial charge >= 0.3 is 0 Å². The maximum Gasteiger partial charge on any atom is 0.179 e. The van der Waals surface area contributed by atoms with Gasteiger partial charge in [-0.05, 0) is 92.5 Å². The van der Waals surface area contributed by atoms with Gasteiger partial charge in [-0.15, -0.1) is 11.3 Å². The van der Waals surface area contributed by atoms with Gasteiger partial charge in [-0.2, -0.15) is 0 Å². The molecule has 0 unspecified atom stereocenters. The lowest BCUT2D eigenvalue weighted by Gasteiger charge is -2.34. The van der Waals surface area contributed by atoms with Crippen LogP contribution in [0.25, 0.3) is 86.3 Å². The van der Waals surface area contributed by atoms with Gasteiger partial charge in [0.25, 0.3) is 0 Å². The van der Waals surface area contributed by atoms with Crippen molar-refractivity contribution in [2.24, 2.45) is 0 Å². The van der Waals surface area contributed by atoms with Crippen LogP contribution < -0.4 is 20.7 Å². The molecule has 0 bridgehead atoms. The quantitative estimate of drug-likeness (QED) is 0.112. The molecule has 3 aromatic heterocycles. The zero-order valence-electron chi connectivity index (χ0n) is 34.9. The second-order valence-electron chi connectivity index (χ2n) is 16.8. The summed E-state index contributed by atoms with van der Waals surface area (Å²) in [5.74, 6) is 0. The first kappa shape index (κ1) is 36.9. The molecule has 0 saturated heterocycles. The molecular formula is C60H40N2SSi. The Kier molecular flexibility index (Phi) is 8.45. The number of benzene rings is 10. The van der Waals surface area contributed by atoms with E-state index in [0.717, 1.165) is 11.4 Å². The molecular weight excluding hydrogens is 809 g/mol. The molecule has 0 fully saturated rings. The summed E-state index contributed by atoms with van der Waals surface area (Å²) in [5.41, 5.74) is 9.51. The molecule has 0 saturated carbocycles. The molecule has 0 atom stereocenters. The van der Waals surface area contributed by atoms with Crippen molar-refractivity contribution >= 4 is 104 Å². The van der Waals surface area contributed by atoms with Crippen molar-refractivity contribution in [2.45, 2.75) is 0 Å². The van der Waals surface area contributed by atoms with Gasteiger partial charge in [-0.3, -0.25) is 0 Å². The number of rotatable bonds is 7. The van der Waals surface area contributed by atoms with Crippen molar-refractivity contribution in [2.75, 3.05) is 0 Å². The smallest absolute Gasteiger partial charge is 0.179 e. The van der Waals surface area contributed by atoms with Crippen LogP contribution in [-0.4, -0.2) is 17.2 Å². The topological polar surface area (TPSA) is 9.86 Å². The fourth-order valence-corrected chi connectivity index (χ4v) is 16.6. The van der Waals surface area contributed by atoms with E-state index >= 15 is 0 Å². The standard InChI is InChI=1S/C60H40N2SSi/c1-4-19-44(20-5-1)64(45-21-6-2-7-22-45,46-23-8-3-9-24-46)47-25-16-18-43(40-47)61-54-30-13-10-26-48(54)51-29-17-32-57(60(51)61)62-55-31-14-11-27-49(55)52-38-41(34-36-56(52)62)42-35-37-59-53(39-42)50-28-12-15-33-58(50)63-59/h1-40H. The summed E-state index contributed by atoms with van der Waals surface area (Å²) in [7, 11) is -2.79. The average Bonchev–Trinajstić information content (AvgIpc) is 4.03. The van der Waals surface area contributed by atoms with E-state index in [1.807, 2.05) is 11.3 Å². The van der Waals surface area contributed by atoms with Crippen molar-refractivity contribution in [3.8, 4) is 22.5 Å². The third-order valence-electron chi connectivity index (χ3n) is 13.5. The van der Waals surface area contributed by atoms with Crippen LogP contribution in [-0.2, 0) is 0 Å². The van der Waals surface area contributed by atoms with E-state index in [9.17, 15) is 0 Å². The maximum absolute atomic E-state index is 2.79. The van der Waals surface area contributed by atoms with E-state index in [1.54, 1.807) is 0 Å². The molecule has 64 heavy (non-hydrogen) atoms. The molecule has 0 radical (unpaired) electrons. The predicted molar refractivity (Wildman–Crippen MR) is 277 cm³/mol. The maximum atomic E-state index is 2.53. The molecule has 0 aliphatic rings. The van der Waals surface area contributed by atoms with Crippen molar-refractivity contribution < 1.29 is 0 Å². The minimum absolute atomic E-state index is 1.15. The molecule has 0 aliphatic carbocycles. The molecule has 300 valence electrons. The normalized spacial score (nSPS) is 12.1. The van der Waals surface area contributed by atoms with Gasteiger partial charge in [0.1, 0.15) is 0 Å². The van der Waals surface area contributed by atoms with Crippen molar-refractivity contribution in [1.29, 1.82) is 0 Å². The van der Waals surface area contributed by atoms with E-state index in [4.69, 9.17) is 0 Å². The van der Waals surface area contributed by atoms with E-state index in [-0.39, 0.29) is 0 Å². The van der Waals surface area contributed by atoms with Crippen LogP contribution in [0.4, 0.5) is 0 Å². The summed E-state index contributed by atoms with van der Waals surface area (Å²) in [6.07, 6.45) is 0. The highest BCUT2D eigenvalue weighted by Gasteiger charge is 2.41. The molecule has 13 rings (SSSR count). The summed E-state index contributed by atoms with van der Waals surface area (Å²) in [6.45, 7) is 0. The Balaban J connectivity index is 1.06. The molecule has 3 heterocycles. The van der Waals surface area contributed by atoms with E-state index < -0.39 is 8.07 Å². The number of nitrogens with zero attached hydrogens (tertiary/aromatic N) is 2. The molecule has 0 amide bonds. The second-order valence-corrected chi connectivity index (χ2v) is 21.7. The summed E-state index contributed by atoms with van der Waals surface area (Å²) in [4.78, 5) is 0. The fourth-order valence-electron chi connectivity index (χ4n) is 10.7. The minimum atomic E-state index is -2.79. The lowest BCUT2D eigenvalue weighted by molar-refractivity contribution is 1.13. The highest BCUT2D eigenvalue weighted by atomic mass is 32.1. The number of hydrogen-bond acceptors (Lipinski definition) is 1. The lowest BCUT2D eigenvalue weighted by atomic mass is 10.0. The zero-order chi connectivity index (χ0) is 42.2. The summed E-state index contributed by atoms with van der Waals surface area (Å²) < 4.78 is 7.68. The molecule has 13 aromatic rings. The summed E-state index contributed by atoms with van der Waals surface area (Å²) in [6, 6.07) is 90.6. The van der Waals surface area contributed by atoms with Crippen LogP contribution in [0.1, 0.15) is 0 Å². The highest BCUT2D eigenvalue weighted by molar-refractivity contribution is 7.25. The number of fused-ring (bicyclic) bond motifs is 9. The number of para-hydroxylation sites is 3. The monoisotopic (exact) mass is 848 g/mol. The van der Waals surface area contributed by atoms with Gasteiger partial charge in [0.15, 0.2) is 8.07 Å². The average molecular weight is 849 g/mol. The number of hydrogen-bond donors (Lipinski definition) is 0. The Morgan fingerprint density at radius 3 is 1.47 bits per heavy atom. The zero-order valence-corrected chi connectivity index (χ0v) is 36.7. The summed E-state index contributed by atoms with van der Waals surface area (Å²) >= 11 is 1.87. The predicted octanol–water partition coefficient (Wildman–Crippen LogP) is 13.3. The Hall–Kier alpha value is -7.76. The third kappa shape index (κ3) is 5.50. The van der Waals surface area contributed by atoms with Crippen LogP contribution >= 0.6 is 11.3 Å². The fraction of sp³-hybridized carbons (Fsp3) is 0. The van der Waals surface area contributed by atoms with E-state index in [1.165, 1.54) is 95.7 Å². The lowest BCUT2D eigenvalue weighted by Crippen LogP contribution is -2.74. The van der Waals surface area contributed by atoms with Crippen molar-refractivity contribution in [1.82, 2.24) is 9.13 Å². The number of aromatic nitrogens is 2. The summed E-state index contributed by atoms with van der Waals surface area (Å²) in [5, 5.41) is 13.0. The van der Waals surface area contributed by atoms with Gasteiger partial charge in [0, 0.05) is 47.4 Å². The third-order valence-corrected chi connectivity index (χ3v) is 19.4. The first-order valence-electron chi connectivity index (χ1n) is 22.0. The van der Waals surface area contributed by atoms with E-state index in [2.05, 4.69) is 252 Å². The first-order valence-corrected chi connectivity index (χ1v) is 24.8.